The van der Waals surface area contributed by atoms with Crippen molar-refractivity contribution in [2.75, 3.05) is 28.2 Å². The van der Waals surface area contributed by atoms with Crippen molar-refractivity contribution in [3.8, 4) is 0 Å². The molecule has 1 aliphatic heterocycles. The van der Waals surface area contributed by atoms with Crippen LogP contribution in [-0.4, -0.2) is 125 Å². The lowest BCUT2D eigenvalue weighted by atomic mass is 9.97. The fourth-order valence-corrected chi connectivity index (χ4v) is 7.36. The summed E-state index contributed by atoms with van der Waals surface area (Å²) in [5.41, 5.74) is 1.52. The molecule has 59 heavy (non-hydrogen) atoms. The van der Waals surface area contributed by atoms with Gasteiger partial charge in [-0.15, -0.1) is 0 Å². The maximum Gasteiger partial charge on any atom is 0.329 e. The number of amides is 5. The topological polar surface area (TPSA) is 157 Å². The average Bonchev–Trinajstić information content (AvgIpc) is 3.20. The van der Waals surface area contributed by atoms with E-state index in [2.05, 4.69) is 5.32 Å². The van der Waals surface area contributed by atoms with Crippen LogP contribution in [0, 0.1) is 17.8 Å². The molecule has 8 atom stereocenters. The number of likely N-dealkylation sites (N-methyl/N-ethyl adjacent to an activating group) is 3. The van der Waals surface area contributed by atoms with Gasteiger partial charge >= 0.3 is 5.97 Å². The molecule has 324 valence electrons. The molecular formula is C46H67N5O8. The Morgan fingerprint density at radius 1 is 0.763 bits per heavy atom. The molecule has 0 aliphatic carbocycles. The van der Waals surface area contributed by atoms with Crippen LogP contribution in [0.3, 0.4) is 0 Å². The maximum atomic E-state index is 14.7. The van der Waals surface area contributed by atoms with Crippen LogP contribution in [0.2, 0.25) is 0 Å². The number of carbonyl (C=O) groups excluding carboxylic acids is 6. The van der Waals surface area contributed by atoms with Crippen molar-refractivity contribution in [2.45, 2.75) is 123 Å². The molecule has 13 nitrogen and oxygen atoms in total. The zero-order valence-electron chi connectivity index (χ0n) is 36.7. The fraction of sp³-hybridized carbons (Fsp3) is 0.565. The van der Waals surface area contributed by atoms with E-state index in [4.69, 9.17) is 4.74 Å². The number of allylic oxidation sites excluding steroid dienone is 1. The number of benzene rings is 2. The van der Waals surface area contributed by atoms with Gasteiger partial charge in [-0.1, -0.05) is 101 Å². The molecule has 1 aliphatic rings. The summed E-state index contributed by atoms with van der Waals surface area (Å²) in [6, 6.07) is 13.6. The molecule has 5 amide bonds. The van der Waals surface area contributed by atoms with Crippen molar-refractivity contribution in [1.82, 2.24) is 24.9 Å². The number of hydrogen-bond acceptors (Lipinski definition) is 8. The van der Waals surface area contributed by atoms with Crippen molar-refractivity contribution >= 4 is 35.5 Å². The number of aliphatic hydroxyl groups excluding tert-OH is 1. The minimum Gasteiger partial charge on any atom is -0.461 e. The largest absolute Gasteiger partial charge is 0.461 e. The van der Waals surface area contributed by atoms with Gasteiger partial charge in [0.05, 0.1) is 6.10 Å². The van der Waals surface area contributed by atoms with Gasteiger partial charge in [-0.25, -0.2) is 4.79 Å². The molecule has 2 aromatic rings. The molecule has 13 heteroatoms. The molecular weight excluding hydrogens is 751 g/mol. The molecule has 0 aromatic heterocycles. The third kappa shape index (κ3) is 13.8. The first-order chi connectivity index (χ1) is 27.9. The van der Waals surface area contributed by atoms with Gasteiger partial charge in [0, 0.05) is 59.6 Å². The van der Waals surface area contributed by atoms with Gasteiger partial charge in [0.2, 0.25) is 29.5 Å². The number of esters is 1. The SMILES string of the molecule is CCC1CC(C)CC(=O)N(C)/C=C/CCC(C)C(=O)N[C@@H](C(C)C)C(=O)N(C)[C@@H](Cc2ccccc2)C(=O)N(C)[C@@H](C(C)O)C(=O)N(C)[C@@H](Cc2ccccc2)C(=O)O1. The highest BCUT2D eigenvalue weighted by Crippen LogP contribution is 2.22. The maximum absolute atomic E-state index is 14.7. The molecule has 1 heterocycles. The van der Waals surface area contributed by atoms with Crippen LogP contribution in [0.1, 0.15) is 84.8 Å². The summed E-state index contributed by atoms with van der Waals surface area (Å²) in [7, 11) is 6.04. The van der Waals surface area contributed by atoms with Crippen LogP contribution in [0.5, 0.6) is 0 Å². The third-order valence-corrected chi connectivity index (χ3v) is 11.3. The van der Waals surface area contributed by atoms with E-state index in [1.54, 1.807) is 20.2 Å². The summed E-state index contributed by atoms with van der Waals surface area (Å²) < 4.78 is 6.09. The van der Waals surface area contributed by atoms with Gasteiger partial charge in [0.25, 0.3) is 0 Å². The standard InChI is InChI=1S/C46H67N5O8/c1-11-36-26-31(4)27-39(53)48(7)25-19-18-20-32(5)42(54)47-40(30(2)3)44(56)49(8)37(28-34-21-14-12-15-22-34)43(55)51(10)41(33(6)52)45(57)50(9)38(46(58)59-36)29-35-23-16-13-17-24-35/h12-17,19,21-25,30-33,36-38,40-41,52H,11,18,20,26-29H2,1-10H3,(H,47,54)/b25-19+/t31?,32?,33?,36?,37-,38-,40-,41-/m0/s1. The third-order valence-electron chi connectivity index (χ3n) is 11.3. The Bertz CT molecular complexity index is 1730. The lowest BCUT2D eigenvalue weighted by Gasteiger charge is -2.39. The molecule has 0 saturated carbocycles. The monoisotopic (exact) mass is 817 g/mol. The van der Waals surface area contributed by atoms with Gasteiger partial charge in [-0.05, 0) is 55.6 Å². The second-order valence-corrected chi connectivity index (χ2v) is 16.6. The van der Waals surface area contributed by atoms with E-state index in [1.165, 1.54) is 42.8 Å². The van der Waals surface area contributed by atoms with Crippen molar-refractivity contribution < 1.29 is 38.6 Å². The van der Waals surface area contributed by atoms with Crippen LogP contribution in [0.25, 0.3) is 0 Å². The zero-order valence-corrected chi connectivity index (χ0v) is 36.7. The second-order valence-electron chi connectivity index (χ2n) is 16.6. The molecule has 0 saturated heterocycles. The van der Waals surface area contributed by atoms with E-state index >= 15 is 0 Å². The molecule has 0 bridgehead atoms. The van der Waals surface area contributed by atoms with Crippen molar-refractivity contribution in [3.63, 3.8) is 0 Å². The Labute approximate surface area is 351 Å². The summed E-state index contributed by atoms with van der Waals surface area (Å²) in [4.78, 5) is 89.8. The molecule has 0 fully saturated rings. The summed E-state index contributed by atoms with van der Waals surface area (Å²) >= 11 is 0. The molecule has 3 rings (SSSR count). The molecule has 2 N–H and O–H groups in total. The molecule has 2 aromatic carbocycles. The number of aliphatic hydroxyl groups is 1. The molecule has 4 unspecified atom stereocenters. The van der Waals surface area contributed by atoms with Crippen LogP contribution < -0.4 is 5.32 Å². The predicted octanol–water partition coefficient (Wildman–Crippen LogP) is 4.61. The minimum absolute atomic E-state index is 0.0844. The number of cyclic esters (lactones) is 1. The lowest BCUT2D eigenvalue weighted by Crippen LogP contribution is -2.62. The van der Waals surface area contributed by atoms with Gasteiger partial charge in [0.15, 0.2) is 0 Å². The normalized spacial score (nSPS) is 26.9. The Morgan fingerprint density at radius 2 is 1.31 bits per heavy atom. The number of hydrogen-bond donors (Lipinski definition) is 2. The highest BCUT2D eigenvalue weighted by molar-refractivity contribution is 5.95. The Kier molecular flexibility index (Phi) is 18.8. The Balaban J connectivity index is 2.13. The van der Waals surface area contributed by atoms with E-state index in [9.17, 15) is 33.9 Å². The minimum atomic E-state index is -1.45. The van der Waals surface area contributed by atoms with Gasteiger partial charge in [-0.2, -0.15) is 0 Å². The van der Waals surface area contributed by atoms with Crippen molar-refractivity contribution in [1.29, 1.82) is 0 Å². The number of carbonyl (C=O) groups is 6. The number of nitrogens with one attached hydrogen (secondary N) is 1. The zero-order chi connectivity index (χ0) is 44.0. The first-order valence-electron chi connectivity index (χ1n) is 20.9. The van der Waals surface area contributed by atoms with E-state index in [1.807, 2.05) is 94.4 Å². The fourth-order valence-electron chi connectivity index (χ4n) is 7.36. The summed E-state index contributed by atoms with van der Waals surface area (Å²) in [6.07, 6.45) is 3.85. The number of rotatable bonds is 7. The quantitative estimate of drug-likeness (QED) is 0.384. The van der Waals surface area contributed by atoms with E-state index in [0.29, 0.717) is 25.7 Å². The van der Waals surface area contributed by atoms with Gasteiger partial charge < -0.3 is 34.8 Å². The Hall–Kier alpha value is -5.04. The highest BCUT2D eigenvalue weighted by atomic mass is 16.5. The highest BCUT2D eigenvalue weighted by Gasteiger charge is 2.42. The first kappa shape index (κ1) is 48.3. The van der Waals surface area contributed by atoms with Crippen LogP contribution in [0.4, 0.5) is 0 Å². The average molecular weight is 818 g/mol. The van der Waals surface area contributed by atoms with E-state index < -0.39 is 66.0 Å². The Morgan fingerprint density at radius 3 is 1.83 bits per heavy atom. The smallest absolute Gasteiger partial charge is 0.329 e. The van der Waals surface area contributed by atoms with Crippen LogP contribution in [0.15, 0.2) is 72.9 Å². The number of ether oxygens (including phenoxy) is 1. The van der Waals surface area contributed by atoms with E-state index in [-0.39, 0.29) is 42.9 Å². The van der Waals surface area contributed by atoms with Crippen LogP contribution in [-0.2, 0) is 46.3 Å². The van der Waals surface area contributed by atoms with Crippen molar-refractivity contribution in [3.05, 3.63) is 84.1 Å². The second kappa shape index (κ2) is 22.9. The van der Waals surface area contributed by atoms with Crippen molar-refractivity contribution in [2.24, 2.45) is 17.8 Å². The van der Waals surface area contributed by atoms with Crippen LogP contribution >= 0.6 is 0 Å². The first-order valence-corrected chi connectivity index (χ1v) is 20.9. The van der Waals surface area contributed by atoms with Gasteiger partial charge in [-0.3, -0.25) is 24.0 Å². The summed E-state index contributed by atoms with van der Waals surface area (Å²) in [5, 5.41) is 14.1. The summed E-state index contributed by atoms with van der Waals surface area (Å²) in [6.45, 7) is 10.6. The number of nitrogens with zero attached hydrogens (tertiary/aromatic N) is 4. The molecule has 0 radical (unpaired) electrons. The summed E-state index contributed by atoms with van der Waals surface area (Å²) in [5.74, 6) is -3.83. The lowest BCUT2D eigenvalue weighted by molar-refractivity contribution is -0.163. The van der Waals surface area contributed by atoms with Gasteiger partial charge in [0.1, 0.15) is 30.3 Å². The van der Waals surface area contributed by atoms with E-state index in [0.717, 1.165) is 16.0 Å². The molecule has 0 spiro atoms. The predicted molar refractivity (Wildman–Crippen MR) is 227 cm³/mol.